The molecule has 1 fully saturated rings. The van der Waals surface area contributed by atoms with Crippen molar-refractivity contribution in [2.45, 2.75) is 19.1 Å². The second-order valence-corrected chi connectivity index (χ2v) is 5.81. The van der Waals surface area contributed by atoms with Gasteiger partial charge in [-0.25, -0.2) is 4.79 Å². The average Bonchev–Trinajstić information content (AvgIpc) is 2.92. The highest BCUT2D eigenvalue weighted by molar-refractivity contribution is 7.11. The molecule has 1 saturated heterocycles. The molecule has 2 rings (SSSR count). The zero-order valence-electron chi connectivity index (χ0n) is 11.6. The number of carbonyl (C=O) groups excluding carboxylic acids is 1. The van der Waals surface area contributed by atoms with Crippen LogP contribution >= 0.6 is 11.3 Å². The molecule has 1 aromatic heterocycles. The molecule has 0 saturated carbocycles. The number of thiophene rings is 1. The smallest absolute Gasteiger partial charge is 0.328 e. The molecule has 114 valence electrons. The van der Waals surface area contributed by atoms with Crippen molar-refractivity contribution in [3.05, 3.63) is 28.0 Å². The number of rotatable bonds is 4. The third kappa shape index (κ3) is 4.13. The van der Waals surface area contributed by atoms with Crippen LogP contribution in [0.4, 0.5) is 0 Å². The maximum absolute atomic E-state index is 12.4. The fourth-order valence-corrected chi connectivity index (χ4v) is 2.97. The maximum Gasteiger partial charge on any atom is 0.328 e. The number of aliphatic hydroxyl groups is 1. The summed E-state index contributed by atoms with van der Waals surface area (Å²) in [7, 11) is 0. The number of hydrogen-bond acceptors (Lipinski definition) is 5. The number of aliphatic hydroxyl groups excluding tert-OH is 1. The van der Waals surface area contributed by atoms with E-state index in [4.69, 9.17) is 9.84 Å². The van der Waals surface area contributed by atoms with Gasteiger partial charge in [-0.3, -0.25) is 4.79 Å². The first-order chi connectivity index (χ1) is 9.99. The lowest BCUT2D eigenvalue weighted by atomic mass is 10.2. The molecule has 2 N–H and O–H groups in total. The largest absolute Gasteiger partial charge is 0.478 e. The third-order valence-corrected chi connectivity index (χ3v) is 3.97. The fourth-order valence-electron chi connectivity index (χ4n) is 2.20. The number of morpholine rings is 1. The lowest BCUT2D eigenvalue weighted by molar-refractivity contribution is -0.131. The summed E-state index contributed by atoms with van der Waals surface area (Å²) in [5, 5.41) is 19.5. The van der Waals surface area contributed by atoms with Crippen LogP contribution in [0.3, 0.4) is 0 Å². The quantitative estimate of drug-likeness (QED) is 0.812. The first-order valence-electron chi connectivity index (χ1n) is 6.54. The number of carboxylic acids is 1. The van der Waals surface area contributed by atoms with Gasteiger partial charge in [0.15, 0.2) is 0 Å². The number of carbonyl (C=O) groups is 2. The SMILES string of the molecule is CC1CN(C(=O)c2csc(/C=C/C(=O)O)c2)CC(CO)O1. The van der Waals surface area contributed by atoms with E-state index in [1.54, 1.807) is 16.3 Å². The van der Waals surface area contributed by atoms with E-state index in [9.17, 15) is 14.7 Å². The molecule has 2 unspecified atom stereocenters. The summed E-state index contributed by atoms with van der Waals surface area (Å²) in [5.74, 6) is -1.15. The summed E-state index contributed by atoms with van der Waals surface area (Å²) in [6.07, 6.45) is 2.02. The highest BCUT2D eigenvalue weighted by atomic mass is 32.1. The van der Waals surface area contributed by atoms with Gasteiger partial charge in [-0.2, -0.15) is 0 Å². The van der Waals surface area contributed by atoms with Gasteiger partial charge in [0.05, 0.1) is 24.4 Å². The molecular formula is C14H17NO5S. The van der Waals surface area contributed by atoms with Crippen LogP contribution in [0.1, 0.15) is 22.2 Å². The second kappa shape index (κ2) is 6.84. The van der Waals surface area contributed by atoms with Crippen LogP contribution in [0.25, 0.3) is 6.08 Å². The molecule has 2 atom stereocenters. The van der Waals surface area contributed by atoms with E-state index in [-0.39, 0.29) is 24.7 Å². The van der Waals surface area contributed by atoms with Crippen molar-refractivity contribution < 1.29 is 24.5 Å². The van der Waals surface area contributed by atoms with E-state index < -0.39 is 5.97 Å². The van der Waals surface area contributed by atoms with Crippen LogP contribution < -0.4 is 0 Å². The Kier molecular flexibility index (Phi) is 5.11. The fraction of sp³-hybridized carbons (Fsp3) is 0.429. The minimum absolute atomic E-state index is 0.120. The van der Waals surface area contributed by atoms with Gasteiger partial charge in [-0.1, -0.05) is 0 Å². The molecule has 2 heterocycles. The lowest BCUT2D eigenvalue weighted by Crippen LogP contribution is -2.50. The lowest BCUT2D eigenvalue weighted by Gasteiger charge is -2.35. The van der Waals surface area contributed by atoms with Crippen LogP contribution in [0.15, 0.2) is 17.5 Å². The highest BCUT2D eigenvalue weighted by Crippen LogP contribution is 2.20. The molecule has 0 aliphatic carbocycles. The molecular weight excluding hydrogens is 294 g/mol. The standard InChI is InChI=1S/C14H17NO5S/c1-9-5-15(6-11(7-16)20-9)14(19)10-4-12(21-8-10)2-3-13(17)18/h2-4,8-9,11,16H,5-7H2,1H3,(H,17,18)/b3-2+. The van der Waals surface area contributed by atoms with E-state index in [1.165, 1.54) is 17.4 Å². The number of ether oxygens (including phenoxy) is 1. The van der Waals surface area contributed by atoms with Gasteiger partial charge in [0, 0.05) is 29.4 Å². The Morgan fingerprint density at radius 1 is 1.52 bits per heavy atom. The van der Waals surface area contributed by atoms with Gasteiger partial charge in [0.25, 0.3) is 5.91 Å². The summed E-state index contributed by atoms with van der Waals surface area (Å²) >= 11 is 1.31. The summed E-state index contributed by atoms with van der Waals surface area (Å²) in [4.78, 5) is 25.2. The van der Waals surface area contributed by atoms with Crippen LogP contribution in [0.2, 0.25) is 0 Å². The molecule has 1 aliphatic rings. The first-order valence-corrected chi connectivity index (χ1v) is 7.42. The molecule has 0 aromatic carbocycles. The van der Waals surface area contributed by atoms with Gasteiger partial charge >= 0.3 is 5.97 Å². The van der Waals surface area contributed by atoms with Gasteiger partial charge in [0.1, 0.15) is 0 Å². The topological polar surface area (TPSA) is 87.1 Å². The Morgan fingerprint density at radius 3 is 2.95 bits per heavy atom. The summed E-state index contributed by atoms with van der Waals surface area (Å²) in [6.45, 7) is 2.57. The van der Waals surface area contributed by atoms with E-state index in [1.807, 2.05) is 6.92 Å². The van der Waals surface area contributed by atoms with Crippen LogP contribution in [0, 0.1) is 0 Å². The van der Waals surface area contributed by atoms with E-state index in [2.05, 4.69) is 0 Å². The van der Waals surface area contributed by atoms with Crippen molar-refractivity contribution in [1.29, 1.82) is 0 Å². The number of carboxylic acid groups (broad SMARTS) is 1. The molecule has 21 heavy (non-hydrogen) atoms. The van der Waals surface area contributed by atoms with Crippen molar-refractivity contribution in [2.75, 3.05) is 19.7 Å². The molecule has 1 aliphatic heterocycles. The van der Waals surface area contributed by atoms with Crippen molar-refractivity contribution in [2.24, 2.45) is 0 Å². The number of nitrogens with zero attached hydrogens (tertiary/aromatic N) is 1. The summed E-state index contributed by atoms with van der Waals surface area (Å²) in [5.41, 5.74) is 0.524. The molecule has 0 bridgehead atoms. The van der Waals surface area contributed by atoms with E-state index >= 15 is 0 Å². The average molecular weight is 311 g/mol. The Hall–Kier alpha value is -1.70. The molecule has 7 heteroatoms. The predicted octanol–water partition coefficient (Wildman–Crippen LogP) is 1.07. The maximum atomic E-state index is 12.4. The molecule has 1 aromatic rings. The van der Waals surface area contributed by atoms with Crippen molar-refractivity contribution in [3.8, 4) is 0 Å². The van der Waals surface area contributed by atoms with Gasteiger partial charge in [-0.15, -0.1) is 11.3 Å². The minimum Gasteiger partial charge on any atom is -0.478 e. The predicted molar refractivity (Wildman–Crippen MR) is 78.3 cm³/mol. The Bertz CT molecular complexity index is 553. The molecule has 0 spiro atoms. The van der Waals surface area contributed by atoms with Gasteiger partial charge < -0.3 is 19.8 Å². The van der Waals surface area contributed by atoms with Gasteiger partial charge in [-0.05, 0) is 19.1 Å². The normalized spacial score (nSPS) is 22.7. The van der Waals surface area contributed by atoms with Crippen LogP contribution in [0.5, 0.6) is 0 Å². The van der Waals surface area contributed by atoms with E-state index in [0.29, 0.717) is 23.5 Å². The minimum atomic E-state index is -1.02. The van der Waals surface area contributed by atoms with Crippen LogP contribution in [-0.4, -0.2) is 58.9 Å². The van der Waals surface area contributed by atoms with Crippen molar-refractivity contribution in [1.82, 2.24) is 4.90 Å². The molecule has 6 nitrogen and oxygen atoms in total. The van der Waals surface area contributed by atoms with Crippen molar-refractivity contribution >= 4 is 29.3 Å². The van der Waals surface area contributed by atoms with Gasteiger partial charge in [0.2, 0.25) is 0 Å². The Balaban J connectivity index is 2.07. The van der Waals surface area contributed by atoms with Crippen LogP contribution in [-0.2, 0) is 9.53 Å². The Morgan fingerprint density at radius 2 is 2.29 bits per heavy atom. The first kappa shape index (κ1) is 15.7. The highest BCUT2D eigenvalue weighted by Gasteiger charge is 2.28. The zero-order chi connectivity index (χ0) is 15.4. The number of amides is 1. The third-order valence-electron chi connectivity index (χ3n) is 3.07. The summed E-state index contributed by atoms with van der Waals surface area (Å²) < 4.78 is 5.50. The second-order valence-electron chi connectivity index (χ2n) is 4.87. The Labute approximate surface area is 126 Å². The summed E-state index contributed by atoms with van der Waals surface area (Å²) in [6, 6.07) is 1.67. The molecule has 0 radical (unpaired) electrons. The number of hydrogen-bond donors (Lipinski definition) is 2. The zero-order valence-corrected chi connectivity index (χ0v) is 12.4. The molecule has 1 amide bonds. The monoisotopic (exact) mass is 311 g/mol. The number of aliphatic carboxylic acids is 1. The van der Waals surface area contributed by atoms with Crippen molar-refractivity contribution in [3.63, 3.8) is 0 Å². The van der Waals surface area contributed by atoms with E-state index in [0.717, 1.165) is 6.08 Å².